The maximum Gasteiger partial charge on any atom is 0.313 e. The largest absolute Gasteiger partial charge is 0.481 e. The van der Waals surface area contributed by atoms with E-state index in [0.29, 0.717) is 0 Å². The number of hydrogen-bond donors (Lipinski definition) is 2. The smallest absolute Gasteiger partial charge is 0.313 e. The van der Waals surface area contributed by atoms with Gasteiger partial charge in [-0.2, -0.15) is 0 Å². The molecule has 0 bridgehead atoms. The first-order valence-electron chi connectivity index (χ1n) is 4.34. The maximum atomic E-state index is 11.4. The predicted octanol–water partition coefficient (Wildman–Crippen LogP) is 0.771. The molecule has 1 aromatic rings. The molecular weight excluding hydrogens is 250 g/mol. The lowest BCUT2D eigenvalue weighted by Gasteiger charge is -2.03. The van der Waals surface area contributed by atoms with Gasteiger partial charge in [0.1, 0.15) is 0 Å². The second-order valence-electron chi connectivity index (χ2n) is 2.86. The Balaban J connectivity index is 2.80. The fourth-order valence-electron chi connectivity index (χ4n) is 0.978. The average molecular weight is 261 g/mol. The molecule has 0 unspecified atom stereocenters. The van der Waals surface area contributed by atoms with Gasteiger partial charge < -0.3 is 5.11 Å². The van der Waals surface area contributed by atoms with Gasteiger partial charge in [0.15, 0.2) is 0 Å². The molecule has 0 radical (unpaired) electrons. The first-order chi connectivity index (χ1) is 7.45. The third-order valence-corrected chi connectivity index (χ3v) is 4.19. The van der Waals surface area contributed by atoms with Crippen LogP contribution in [0, 0.1) is 0 Å². The van der Waals surface area contributed by atoms with Gasteiger partial charge in [-0.25, -0.2) is 13.1 Å². The van der Waals surface area contributed by atoms with Crippen molar-refractivity contribution in [2.45, 2.75) is 9.79 Å². The lowest BCUT2D eigenvalue weighted by molar-refractivity contribution is -0.133. The summed E-state index contributed by atoms with van der Waals surface area (Å²) in [5.74, 6) is -0.949. The summed E-state index contributed by atoms with van der Waals surface area (Å²) < 4.78 is 24.9. The molecule has 0 aromatic heterocycles. The lowest BCUT2D eigenvalue weighted by atomic mass is 10.4. The van der Waals surface area contributed by atoms with E-state index >= 15 is 0 Å². The van der Waals surface area contributed by atoms with Crippen LogP contribution in [0.5, 0.6) is 0 Å². The van der Waals surface area contributed by atoms with Crippen LogP contribution >= 0.6 is 11.8 Å². The van der Waals surface area contributed by atoms with Gasteiger partial charge in [0.05, 0.1) is 10.6 Å². The molecule has 7 heteroatoms. The van der Waals surface area contributed by atoms with Crippen LogP contribution in [-0.2, 0) is 14.8 Å². The molecule has 1 rings (SSSR count). The number of carboxylic acids is 1. The molecule has 1 aromatic carbocycles. The van der Waals surface area contributed by atoms with Crippen molar-refractivity contribution in [3.63, 3.8) is 0 Å². The highest BCUT2D eigenvalue weighted by Gasteiger charge is 2.10. The Labute approximate surface area is 97.9 Å². The first kappa shape index (κ1) is 13.0. The van der Waals surface area contributed by atoms with E-state index in [1.54, 1.807) is 12.1 Å². The van der Waals surface area contributed by atoms with Crippen molar-refractivity contribution in [3.05, 3.63) is 24.3 Å². The maximum absolute atomic E-state index is 11.4. The molecule has 0 heterocycles. The number of rotatable bonds is 5. The van der Waals surface area contributed by atoms with Crippen LogP contribution in [0.2, 0.25) is 0 Å². The van der Waals surface area contributed by atoms with Crippen molar-refractivity contribution in [2.75, 3.05) is 12.8 Å². The Hall–Kier alpha value is -1.05. The minimum absolute atomic E-state index is 0.0435. The minimum atomic E-state index is -3.42. The van der Waals surface area contributed by atoms with Crippen molar-refractivity contribution in [2.24, 2.45) is 0 Å². The minimum Gasteiger partial charge on any atom is -0.481 e. The Morgan fingerprint density at radius 3 is 2.38 bits per heavy atom. The molecule has 88 valence electrons. The number of nitrogens with one attached hydrogen (secondary N) is 1. The standard InChI is InChI=1S/C9H11NO4S2/c1-10-16(13,14)8-4-2-7(3-5-8)15-6-9(11)12/h2-5,10H,6H2,1H3,(H,11,12). The third-order valence-electron chi connectivity index (χ3n) is 1.77. The van der Waals surface area contributed by atoms with Crippen LogP contribution in [0.25, 0.3) is 0 Å². The van der Waals surface area contributed by atoms with Crippen molar-refractivity contribution in [1.29, 1.82) is 0 Å². The van der Waals surface area contributed by atoms with Gasteiger partial charge in [-0.15, -0.1) is 11.8 Å². The Kier molecular flexibility index (Phi) is 4.34. The Morgan fingerprint density at radius 1 is 1.38 bits per heavy atom. The SMILES string of the molecule is CNS(=O)(=O)c1ccc(SCC(=O)O)cc1. The molecule has 0 amide bonds. The Morgan fingerprint density at radius 2 is 1.94 bits per heavy atom. The van der Waals surface area contributed by atoms with E-state index in [1.807, 2.05) is 0 Å². The lowest BCUT2D eigenvalue weighted by Crippen LogP contribution is -2.18. The first-order valence-corrected chi connectivity index (χ1v) is 6.81. The molecule has 0 fully saturated rings. The highest BCUT2D eigenvalue weighted by Crippen LogP contribution is 2.19. The summed E-state index contributed by atoms with van der Waals surface area (Å²) in [4.78, 5) is 11.2. The van der Waals surface area contributed by atoms with Gasteiger partial charge in [0.25, 0.3) is 0 Å². The molecule has 16 heavy (non-hydrogen) atoms. The van der Waals surface area contributed by atoms with Gasteiger partial charge in [-0.1, -0.05) is 0 Å². The van der Waals surface area contributed by atoms with E-state index in [2.05, 4.69) is 4.72 Å². The van der Waals surface area contributed by atoms with Crippen LogP contribution in [0.3, 0.4) is 0 Å². The van der Waals surface area contributed by atoms with Crippen LogP contribution in [0.15, 0.2) is 34.1 Å². The third kappa shape index (κ3) is 3.51. The molecule has 0 aliphatic rings. The highest BCUT2D eigenvalue weighted by molar-refractivity contribution is 8.00. The zero-order valence-electron chi connectivity index (χ0n) is 8.50. The van der Waals surface area contributed by atoms with Crippen molar-refractivity contribution in [1.82, 2.24) is 4.72 Å². The second-order valence-corrected chi connectivity index (χ2v) is 5.80. The molecular formula is C9H11NO4S2. The number of carbonyl (C=O) groups is 1. The van der Waals surface area contributed by atoms with Crippen LogP contribution in [0.1, 0.15) is 0 Å². The average Bonchev–Trinajstić information content (AvgIpc) is 2.27. The zero-order chi connectivity index (χ0) is 12.2. The topological polar surface area (TPSA) is 83.5 Å². The predicted molar refractivity (Wildman–Crippen MR) is 61.0 cm³/mol. The van der Waals surface area contributed by atoms with Crippen molar-refractivity contribution in [3.8, 4) is 0 Å². The number of aliphatic carboxylic acids is 1. The quantitative estimate of drug-likeness (QED) is 0.765. The van der Waals surface area contributed by atoms with E-state index < -0.39 is 16.0 Å². The molecule has 0 saturated heterocycles. The van der Waals surface area contributed by atoms with E-state index in [0.717, 1.165) is 16.7 Å². The van der Waals surface area contributed by atoms with Crippen molar-refractivity contribution < 1.29 is 18.3 Å². The molecule has 0 aliphatic heterocycles. The molecule has 2 N–H and O–H groups in total. The summed E-state index contributed by atoms with van der Waals surface area (Å²) in [7, 11) is -2.09. The molecule has 5 nitrogen and oxygen atoms in total. The van der Waals surface area contributed by atoms with Gasteiger partial charge in [0.2, 0.25) is 10.0 Å². The van der Waals surface area contributed by atoms with Gasteiger partial charge >= 0.3 is 5.97 Å². The normalized spacial score (nSPS) is 11.3. The van der Waals surface area contributed by atoms with Gasteiger partial charge in [-0.05, 0) is 31.3 Å². The number of benzene rings is 1. The molecule has 0 atom stereocenters. The second kappa shape index (κ2) is 5.33. The highest BCUT2D eigenvalue weighted by atomic mass is 32.2. The van der Waals surface area contributed by atoms with Crippen LogP contribution in [-0.4, -0.2) is 32.3 Å². The number of thioether (sulfide) groups is 1. The van der Waals surface area contributed by atoms with Gasteiger partial charge in [-0.3, -0.25) is 4.79 Å². The Bertz CT molecular complexity index is 467. The summed E-state index contributed by atoms with van der Waals surface area (Å²) in [5.41, 5.74) is 0. The molecule has 0 spiro atoms. The number of hydrogen-bond acceptors (Lipinski definition) is 4. The van der Waals surface area contributed by atoms with E-state index in [9.17, 15) is 13.2 Å². The van der Waals surface area contributed by atoms with Crippen LogP contribution in [0.4, 0.5) is 0 Å². The fraction of sp³-hybridized carbons (Fsp3) is 0.222. The summed E-state index contributed by atoms with van der Waals surface area (Å²) in [6.45, 7) is 0. The zero-order valence-corrected chi connectivity index (χ0v) is 10.1. The fourth-order valence-corrected chi connectivity index (χ4v) is 2.33. The van der Waals surface area contributed by atoms with E-state index in [-0.39, 0.29) is 10.6 Å². The van der Waals surface area contributed by atoms with Gasteiger partial charge in [0, 0.05) is 4.90 Å². The monoisotopic (exact) mass is 261 g/mol. The molecule has 0 aliphatic carbocycles. The summed E-state index contributed by atoms with van der Waals surface area (Å²) in [6, 6.07) is 6.04. The van der Waals surface area contributed by atoms with E-state index in [4.69, 9.17) is 5.11 Å². The number of sulfonamides is 1. The molecule has 0 saturated carbocycles. The van der Waals surface area contributed by atoms with E-state index in [1.165, 1.54) is 19.2 Å². The summed E-state index contributed by atoms with van der Waals surface area (Å²) >= 11 is 1.14. The summed E-state index contributed by atoms with van der Waals surface area (Å²) in [6.07, 6.45) is 0. The van der Waals surface area contributed by atoms with Crippen molar-refractivity contribution >= 4 is 27.8 Å². The van der Waals surface area contributed by atoms with Crippen LogP contribution < -0.4 is 4.72 Å². The summed E-state index contributed by atoms with van der Waals surface area (Å²) in [5, 5.41) is 8.47. The number of carboxylic acid groups (broad SMARTS) is 1.